The van der Waals surface area contributed by atoms with Crippen LogP contribution < -0.4 is 5.32 Å². The number of phenolic OH excluding ortho intramolecular Hbond substituents is 1. The van der Waals surface area contributed by atoms with Gasteiger partial charge in [0.15, 0.2) is 0 Å². The largest absolute Gasteiger partial charge is 0.508 e. The van der Waals surface area contributed by atoms with E-state index in [1.165, 1.54) is 24.3 Å². The summed E-state index contributed by atoms with van der Waals surface area (Å²) in [5.41, 5.74) is 1.12. The zero-order valence-corrected chi connectivity index (χ0v) is 13.4. The third-order valence-electron chi connectivity index (χ3n) is 3.82. The predicted molar refractivity (Wildman–Crippen MR) is 92.9 cm³/mol. The van der Waals surface area contributed by atoms with E-state index in [0.29, 0.717) is 22.4 Å². The molecule has 0 saturated carbocycles. The number of phenols is 1. The lowest BCUT2D eigenvalue weighted by Crippen LogP contribution is -2.13. The lowest BCUT2D eigenvalue weighted by molar-refractivity contribution is -0.137. The molecule has 0 aliphatic carbocycles. The number of alkyl halides is 3. The van der Waals surface area contributed by atoms with E-state index in [4.69, 9.17) is 0 Å². The van der Waals surface area contributed by atoms with Crippen LogP contribution in [0.15, 0.2) is 72.8 Å². The van der Waals surface area contributed by atoms with E-state index in [0.717, 1.165) is 12.1 Å². The van der Waals surface area contributed by atoms with Gasteiger partial charge in [0.2, 0.25) is 0 Å². The number of rotatable bonds is 3. The molecule has 26 heavy (non-hydrogen) atoms. The van der Waals surface area contributed by atoms with Gasteiger partial charge in [0.25, 0.3) is 5.91 Å². The first kappa shape index (κ1) is 17.5. The Bertz CT molecular complexity index is 917. The number of anilines is 1. The maximum absolute atomic E-state index is 12.7. The Hall–Kier alpha value is -3.28. The molecule has 3 nitrogen and oxygen atoms in total. The molecular formula is C20H14F3NO2. The van der Waals surface area contributed by atoms with Crippen molar-refractivity contribution >= 4 is 11.6 Å². The summed E-state index contributed by atoms with van der Waals surface area (Å²) in [6, 6.07) is 17.3. The van der Waals surface area contributed by atoms with Gasteiger partial charge in [0.1, 0.15) is 5.75 Å². The predicted octanol–water partition coefficient (Wildman–Crippen LogP) is 5.33. The highest BCUT2D eigenvalue weighted by atomic mass is 19.4. The molecule has 0 atom stereocenters. The first-order valence-electron chi connectivity index (χ1n) is 7.71. The van der Waals surface area contributed by atoms with Crippen LogP contribution in [0.25, 0.3) is 11.1 Å². The third-order valence-corrected chi connectivity index (χ3v) is 3.82. The van der Waals surface area contributed by atoms with Crippen molar-refractivity contribution < 1.29 is 23.1 Å². The summed E-state index contributed by atoms with van der Waals surface area (Å²) < 4.78 is 38.2. The van der Waals surface area contributed by atoms with Gasteiger partial charge in [-0.05, 0) is 53.6 Å². The van der Waals surface area contributed by atoms with Gasteiger partial charge in [-0.1, -0.05) is 30.3 Å². The molecular weight excluding hydrogens is 343 g/mol. The molecule has 0 heterocycles. The van der Waals surface area contributed by atoms with Gasteiger partial charge in [-0.15, -0.1) is 0 Å². The average molecular weight is 357 g/mol. The van der Waals surface area contributed by atoms with Crippen molar-refractivity contribution in [1.82, 2.24) is 0 Å². The average Bonchev–Trinajstić information content (AvgIpc) is 2.63. The van der Waals surface area contributed by atoms with Crippen molar-refractivity contribution in [3.63, 3.8) is 0 Å². The third kappa shape index (κ3) is 3.85. The smallest absolute Gasteiger partial charge is 0.416 e. The number of hydrogen-bond donors (Lipinski definition) is 2. The number of hydrogen-bond acceptors (Lipinski definition) is 2. The molecule has 0 spiro atoms. The summed E-state index contributed by atoms with van der Waals surface area (Å²) in [5.74, 6) is -0.320. The van der Waals surface area contributed by atoms with E-state index in [-0.39, 0.29) is 5.75 Å². The number of carbonyl (C=O) groups excluding carboxylic acids is 1. The molecule has 3 aromatic carbocycles. The van der Waals surface area contributed by atoms with Gasteiger partial charge in [0.05, 0.1) is 5.56 Å². The molecule has 6 heteroatoms. The second-order valence-electron chi connectivity index (χ2n) is 5.62. The number of carbonyl (C=O) groups is 1. The minimum absolute atomic E-state index is 0.0770. The standard InChI is InChI=1S/C20H14F3NO2/c21-20(22,23)14-7-5-13(6-8-14)17-3-1-2-4-18(17)19(26)24-15-9-11-16(25)12-10-15/h1-12,25H,(H,24,26). The highest BCUT2D eigenvalue weighted by molar-refractivity contribution is 6.08. The topological polar surface area (TPSA) is 49.3 Å². The van der Waals surface area contributed by atoms with Crippen LogP contribution >= 0.6 is 0 Å². The Kier molecular flexibility index (Phi) is 4.67. The van der Waals surface area contributed by atoms with Gasteiger partial charge in [-0.2, -0.15) is 13.2 Å². The van der Waals surface area contributed by atoms with Crippen LogP contribution in [0.1, 0.15) is 15.9 Å². The molecule has 3 rings (SSSR count). The maximum atomic E-state index is 12.7. The zero-order chi connectivity index (χ0) is 18.7. The molecule has 1 amide bonds. The molecule has 0 aliphatic rings. The summed E-state index contributed by atoms with van der Waals surface area (Å²) in [4.78, 5) is 12.6. The van der Waals surface area contributed by atoms with Crippen molar-refractivity contribution in [2.24, 2.45) is 0 Å². The second-order valence-corrected chi connectivity index (χ2v) is 5.62. The molecule has 0 radical (unpaired) electrons. The summed E-state index contributed by atoms with van der Waals surface area (Å²) in [5, 5.41) is 12.0. The summed E-state index contributed by atoms with van der Waals surface area (Å²) in [6.07, 6.45) is -4.41. The Labute approximate surface area is 147 Å². The van der Waals surface area contributed by atoms with Gasteiger partial charge >= 0.3 is 6.18 Å². The van der Waals surface area contributed by atoms with Crippen LogP contribution in [0.3, 0.4) is 0 Å². The molecule has 3 aromatic rings. The van der Waals surface area contributed by atoms with Crippen LogP contribution in [-0.2, 0) is 6.18 Å². The van der Waals surface area contributed by atoms with Crippen LogP contribution in [0.4, 0.5) is 18.9 Å². The fraction of sp³-hybridized carbons (Fsp3) is 0.0500. The van der Waals surface area contributed by atoms with Crippen LogP contribution in [0, 0.1) is 0 Å². The van der Waals surface area contributed by atoms with Crippen molar-refractivity contribution in [3.05, 3.63) is 83.9 Å². The summed E-state index contributed by atoms with van der Waals surface area (Å²) >= 11 is 0. The lowest BCUT2D eigenvalue weighted by Gasteiger charge is -2.12. The van der Waals surface area contributed by atoms with Gasteiger partial charge in [-0.25, -0.2) is 0 Å². The number of aromatic hydroxyl groups is 1. The van der Waals surface area contributed by atoms with E-state index in [1.807, 2.05) is 0 Å². The maximum Gasteiger partial charge on any atom is 0.416 e. The molecule has 0 fully saturated rings. The van der Waals surface area contributed by atoms with Crippen molar-refractivity contribution in [2.45, 2.75) is 6.18 Å². The number of amides is 1. The van der Waals surface area contributed by atoms with Crippen LogP contribution in [-0.4, -0.2) is 11.0 Å². The Morgan fingerprint density at radius 1 is 0.846 bits per heavy atom. The van der Waals surface area contributed by atoms with Gasteiger partial charge < -0.3 is 10.4 Å². The van der Waals surface area contributed by atoms with Crippen molar-refractivity contribution in [3.8, 4) is 16.9 Å². The van der Waals surface area contributed by atoms with E-state index < -0.39 is 17.6 Å². The molecule has 0 aromatic heterocycles. The van der Waals surface area contributed by atoms with E-state index in [2.05, 4.69) is 5.32 Å². The molecule has 0 unspecified atom stereocenters. The number of halogens is 3. The molecule has 0 bridgehead atoms. The Balaban J connectivity index is 1.90. The summed E-state index contributed by atoms with van der Waals surface area (Å²) in [6.45, 7) is 0. The van der Waals surface area contributed by atoms with E-state index in [1.54, 1.807) is 36.4 Å². The second kappa shape index (κ2) is 6.92. The first-order valence-corrected chi connectivity index (χ1v) is 7.71. The highest BCUT2D eigenvalue weighted by Gasteiger charge is 2.30. The number of nitrogens with one attached hydrogen (secondary N) is 1. The molecule has 2 N–H and O–H groups in total. The van der Waals surface area contributed by atoms with Crippen molar-refractivity contribution in [2.75, 3.05) is 5.32 Å². The monoisotopic (exact) mass is 357 g/mol. The highest BCUT2D eigenvalue weighted by Crippen LogP contribution is 2.32. The Morgan fingerprint density at radius 3 is 2.08 bits per heavy atom. The molecule has 0 aliphatic heterocycles. The minimum atomic E-state index is -4.41. The SMILES string of the molecule is O=C(Nc1ccc(O)cc1)c1ccccc1-c1ccc(C(F)(F)F)cc1. The first-order chi connectivity index (χ1) is 12.3. The van der Waals surface area contributed by atoms with Crippen LogP contribution in [0.5, 0.6) is 5.75 Å². The lowest BCUT2D eigenvalue weighted by atomic mass is 9.98. The Morgan fingerprint density at radius 2 is 1.46 bits per heavy atom. The molecule has 132 valence electrons. The van der Waals surface area contributed by atoms with E-state index in [9.17, 15) is 23.1 Å². The minimum Gasteiger partial charge on any atom is -0.508 e. The summed E-state index contributed by atoms with van der Waals surface area (Å²) in [7, 11) is 0. The van der Waals surface area contributed by atoms with Crippen LogP contribution in [0.2, 0.25) is 0 Å². The van der Waals surface area contributed by atoms with E-state index >= 15 is 0 Å². The fourth-order valence-corrected chi connectivity index (χ4v) is 2.51. The molecule has 0 saturated heterocycles. The zero-order valence-electron chi connectivity index (χ0n) is 13.4. The normalized spacial score (nSPS) is 11.2. The fourth-order valence-electron chi connectivity index (χ4n) is 2.51. The quantitative estimate of drug-likeness (QED) is 0.623. The van der Waals surface area contributed by atoms with Crippen molar-refractivity contribution in [1.29, 1.82) is 0 Å². The number of benzene rings is 3. The van der Waals surface area contributed by atoms with Gasteiger partial charge in [-0.3, -0.25) is 4.79 Å². The van der Waals surface area contributed by atoms with Gasteiger partial charge in [0, 0.05) is 11.3 Å².